The van der Waals surface area contributed by atoms with Crippen LogP contribution >= 0.6 is 0 Å². The van der Waals surface area contributed by atoms with E-state index in [1.54, 1.807) is 26.2 Å². The normalized spacial score (nSPS) is 13.2. The molecule has 0 aliphatic heterocycles. The summed E-state index contributed by atoms with van der Waals surface area (Å²) in [6.07, 6.45) is -1.20. The number of hydrogen-bond donors (Lipinski definition) is 2. The van der Waals surface area contributed by atoms with Crippen LogP contribution in [0.15, 0.2) is 24.3 Å². The second-order valence-electron chi connectivity index (χ2n) is 3.62. The molecular weight excluding hydrogens is 220 g/mol. The zero-order valence-corrected chi connectivity index (χ0v) is 9.68. The first-order valence-electron chi connectivity index (χ1n) is 5.11. The maximum Gasteiger partial charge on any atom is 0.405 e. The van der Waals surface area contributed by atoms with E-state index in [1.807, 2.05) is 18.2 Å². The number of nitrogens with zero attached hydrogens (tertiary/aromatic N) is 1. The van der Waals surface area contributed by atoms with Crippen molar-refractivity contribution in [3.63, 3.8) is 0 Å². The van der Waals surface area contributed by atoms with Crippen molar-refractivity contribution in [2.45, 2.75) is 18.9 Å². The molecule has 0 aliphatic carbocycles. The van der Waals surface area contributed by atoms with E-state index in [0.29, 0.717) is 0 Å². The van der Waals surface area contributed by atoms with Crippen molar-refractivity contribution < 1.29 is 14.6 Å². The van der Waals surface area contributed by atoms with Crippen LogP contribution in [0.1, 0.15) is 18.4 Å². The summed E-state index contributed by atoms with van der Waals surface area (Å²) in [5.41, 5.74) is 0.881. The fourth-order valence-electron chi connectivity index (χ4n) is 1.50. The molecule has 0 fully saturated rings. The van der Waals surface area contributed by atoms with E-state index in [2.05, 4.69) is 5.32 Å². The number of ether oxygens (including phenoxy) is 1. The predicted octanol–water partition coefficient (Wildman–Crippen LogP) is 1.96. The van der Waals surface area contributed by atoms with E-state index in [0.717, 1.165) is 11.3 Å². The number of amides is 1. The standard InChI is InChI=1S/C12H14N2O3/c1-8(11(7-13)14-12(15)16)9-3-5-10(17-2)6-4-9/h3-6,8,11,14H,1-2H3,(H,15,16)/t8-,11+/m0/s1. The lowest BCUT2D eigenvalue weighted by Crippen LogP contribution is -2.36. The summed E-state index contributed by atoms with van der Waals surface area (Å²) in [5, 5.41) is 19.7. The van der Waals surface area contributed by atoms with Crippen molar-refractivity contribution in [1.29, 1.82) is 5.26 Å². The topological polar surface area (TPSA) is 82.3 Å². The van der Waals surface area contributed by atoms with E-state index < -0.39 is 12.1 Å². The van der Waals surface area contributed by atoms with Crippen LogP contribution in [0.3, 0.4) is 0 Å². The minimum absolute atomic E-state index is 0.220. The van der Waals surface area contributed by atoms with Gasteiger partial charge in [0, 0.05) is 5.92 Å². The molecule has 90 valence electrons. The molecule has 1 aromatic carbocycles. The SMILES string of the molecule is COc1ccc([C@H](C)[C@@H](C#N)NC(=O)O)cc1. The molecule has 5 heteroatoms. The molecule has 0 spiro atoms. The smallest absolute Gasteiger partial charge is 0.405 e. The highest BCUT2D eigenvalue weighted by Crippen LogP contribution is 2.21. The van der Waals surface area contributed by atoms with Gasteiger partial charge in [-0.2, -0.15) is 5.26 Å². The van der Waals surface area contributed by atoms with Gasteiger partial charge in [-0.25, -0.2) is 4.79 Å². The summed E-state index contributed by atoms with van der Waals surface area (Å²) in [4.78, 5) is 10.5. The highest BCUT2D eigenvalue weighted by molar-refractivity contribution is 5.65. The van der Waals surface area contributed by atoms with Gasteiger partial charge in [0.05, 0.1) is 13.2 Å². The maximum absolute atomic E-state index is 10.5. The first-order valence-corrected chi connectivity index (χ1v) is 5.11. The third kappa shape index (κ3) is 3.38. The van der Waals surface area contributed by atoms with E-state index in [1.165, 1.54) is 0 Å². The third-order valence-corrected chi connectivity index (χ3v) is 2.56. The molecule has 0 saturated heterocycles. The molecule has 17 heavy (non-hydrogen) atoms. The van der Waals surface area contributed by atoms with Gasteiger partial charge in [-0.15, -0.1) is 0 Å². The van der Waals surface area contributed by atoms with Gasteiger partial charge in [0.2, 0.25) is 0 Å². The summed E-state index contributed by atoms with van der Waals surface area (Å²) in [7, 11) is 1.57. The number of nitriles is 1. The van der Waals surface area contributed by atoms with Gasteiger partial charge in [0.15, 0.2) is 0 Å². The second kappa shape index (κ2) is 5.75. The van der Waals surface area contributed by atoms with Crippen LogP contribution in [0.2, 0.25) is 0 Å². The van der Waals surface area contributed by atoms with E-state index in [9.17, 15) is 4.79 Å². The van der Waals surface area contributed by atoms with Crippen molar-refractivity contribution in [2.75, 3.05) is 7.11 Å². The van der Waals surface area contributed by atoms with Gasteiger partial charge in [-0.05, 0) is 17.7 Å². The fourth-order valence-corrected chi connectivity index (χ4v) is 1.50. The molecule has 0 saturated carbocycles. The summed E-state index contributed by atoms with van der Waals surface area (Å²) in [6.45, 7) is 1.80. The highest BCUT2D eigenvalue weighted by atomic mass is 16.5. The van der Waals surface area contributed by atoms with Gasteiger partial charge in [-0.3, -0.25) is 0 Å². The molecule has 0 aromatic heterocycles. The summed E-state index contributed by atoms with van der Waals surface area (Å²) in [5.74, 6) is 0.502. The molecule has 1 rings (SSSR count). The quantitative estimate of drug-likeness (QED) is 0.834. The fraction of sp³-hybridized carbons (Fsp3) is 0.333. The molecule has 0 bridgehead atoms. The zero-order valence-electron chi connectivity index (χ0n) is 9.68. The Hall–Kier alpha value is -2.22. The van der Waals surface area contributed by atoms with Crippen molar-refractivity contribution in [3.8, 4) is 11.8 Å². The highest BCUT2D eigenvalue weighted by Gasteiger charge is 2.20. The minimum Gasteiger partial charge on any atom is -0.497 e. The number of rotatable bonds is 4. The van der Waals surface area contributed by atoms with E-state index in [-0.39, 0.29) is 5.92 Å². The minimum atomic E-state index is -1.20. The molecule has 1 aromatic rings. The van der Waals surface area contributed by atoms with Gasteiger partial charge in [0.25, 0.3) is 0 Å². The lowest BCUT2D eigenvalue weighted by atomic mass is 9.94. The molecule has 0 unspecified atom stereocenters. The van der Waals surface area contributed by atoms with Crippen LogP contribution in [0.25, 0.3) is 0 Å². The molecule has 0 heterocycles. The van der Waals surface area contributed by atoms with Gasteiger partial charge in [0.1, 0.15) is 11.8 Å². The Balaban J connectivity index is 2.82. The number of carbonyl (C=O) groups is 1. The monoisotopic (exact) mass is 234 g/mol. The van der Waals surface area contributed by atoms with Crippen molar-refractivity contribution in [1.82, 2.24) is 5.32 Å². The Morgan fingerprint density at radius 2 is 2.06 bits per heavy atom. The Morgan fingerprint density at radius 3 is 2.47 bits per heavy atom. The number of nitrogens with one attached hydrogen (secondary N) is 1. The predicted molar refractivity (Wildman–Crippen MR) is 62.0 cm³/mol. The van der Waals surface area contributed by atoms with Crippen molar-refractivity contribution in [3.05, 3.63) is 29.8 Å². The first kappa shape index (κ1) is 12.8. The van der Waals surface area contributed by atoms with Gasteiger partial charge < -0.3 is 15.2 Å². The van der Waals surface area contributed by atoms with Gasteiger partial charge in [-0.1, -0.05) is 19.1 Å². The molecule has 0 radical (unpaired) electrons. The zero-order chi connectivity index (χ0) is 12.8. The van der Waals surface area contributed by atoms with Crippen LogP contribution in [0.5, 0.6) is 5.75 Å². The average molecular weight is 234 g/mol. The largest absolute Gasteiger partial charge is 0.497 e. The summed E-state index contributed by atoms with van der Waals surface area (Å²) >= 11 is 0. The summed E-state index contributed by atoms with van der Waals surface area (Å²) < 4.78 is 5.03. The molecular formula is C12H14N2O3. The van der Waals surface area contributed by atoms with Crippen LogP contribution < -0.4 is 10.1 Å². The molecule has 5 nitrogen and oxygen atoms in total. The number of methoxy groups -OCH3 is 1. The maximum atomic E-state index is 10.5. The van der Waals surface area contributed by atoms with Crippen LogP contribution in [-0.2, 0) is 0 Å². The number of hydrogen-bond acceptors (Lipinski definition) is 3. The summed E-state index contributed by atoms with van der Waals surface area (Å²) in [6, 6.07) is 8.37. The molecule has 0 aliphatic rings. The number of benzene rings is 1. The first-order chi connectivity index (χ1) is 8.08. The van der Waals surface area contributed by atoms with Crippen molar-refractivity contribution >= 4 is 6.09 Å². The molecule has 2 atom stereocenters. The Labute approximate surface area is 99.6 Å². The van der Waals surface area contributed by atoms with Crippen LogP contribution in [-0.4, -0.2) is 24.4 Å². The van der Waals surface area contributed by atoms with Crippen LogP contribution in [0.4, 0.5) is 4.79 Å². The Kier molecular flexibility index (Phi) is 4.35. The lowest BCUT2D eigenvalue weighted by molar-refractivity contribution is 0.191. The van der Waals surface area contributed by atoms with Crippen molar-refractivity contribution in [2.24, 2.45) is 0 Å². The molecule has 1 amide bonds. The molecule has 2 N–H and O–H groups in total. The second-order valence-corrected chi connectivity index (χ2v) is 3.62. The third-order valence-electron chi connectivity index (χ3n) is 2.56. The Bertz CT molecular complexity index is 422. The van der Waals surface area contributed by atoms with Gasteiger partial charge >= 0.3 is 6.09 Å². The Morgan fingerprint density at radius 1 is 1.47 bits per heavy atom. The van der Waals surface area contributed by atoms with Crippen LogP contribution in [0, 0.1) is 11.3 Å². The number of carboxylic acid groups (broad SMARTS) is 1. The lowest BCUT2D eigenvalue weighted by Gasteiger charge is -2.18. The van der Waals surface area contributed by atoms with E-state index in [4.69, 9.17) is 15.1 Å². The average Bonchev–Trinajstić information content (AvgIpc) is 2.35. The van der Waals surface area contributed by atoms with E-state index >= 15 is 0 Å².